The van der Waals surface area contributed by atoms with Crippen molar-refractivity contribution < 1.29 is 23.9 Å². The van der Waals surface area contributed by atoms with E-state index in [1.807, 2.05) is 6.07 Å². The van der Waals surface area contributed by atoms with Gasteiger partial charge in [0.15, 0.2) is 11.5 Å². The molecule has 0 aromatic heterocycles. The molecular formula is C23H18BrN3O6. The molecule has 1 heterocycles. The number of non-ortho nitro benzene ring substituents is 1. The molecular weight excluding hydrogens is 494 g/mol. The normalized spacial score (nSPS) is 12.0. The van der Waals surface area contributed by atoms with E-state index in [9.17, 15) is 14.9 Å². The number of rotatable bonds is 8. The lowest BCUT2D eigenvalue weighted by molar-refractivity contribution is -0.384. The first-order valence-corrected chi connectivity index (χ1v) is 10.6. The number of nitro groups is 1. The first-order chi connectivity index (χ1) is 16.0. The van der Waals surface area contributed by atoms with Gasteiger partial charge in [-0.15, -0.1) is 0 Å². The summed E-state index contributed by atoms with van der Waals surface area (Å²) in [6.07, 6.45) is 1.69. The van der Waals surface area contributed by atoms with E-state index in [0.29, 0.717) is 21.7 Å². The van der Waals surface area contributed by atoms with Crippen molar-refractivity contribution in [3.05, 3.63) is 91.9 Å². The van der Waals surface area contributed by atoms with Crippen molar-refractivity contribution in [3.8, 4) is 17.2 Å². The Bertz CT molecular complexity index is 1210. The molecule has 0 saturated heterocycles. The van der Waals surface area contributed by atoms with Crippen LogP contribution in [0.4, 0.5) is 5.69 Å². The molecule has 0 saturated carbocycles. The minimum Gasteiger partial charge on any atom is -0.488 e. The molecule has 168 valence electrons. The highest BCUT2D eigenvalue weighted by Crippen LogP contribution is 2.32. The molecule has 1 aliphatic rings. The third kappa shape index (κ3) is 5.86. The maximum Gasteiger partial charge on any atom is 0.269 e. The maximum atomic E-state index is 12.1. The third-order valence-electron chi connectivity index (χ3n) is 4.70. The summed E-state index contributed by atoms with van der Waals surface area (Å²) in [5, 5.41) is 14.7. The van der Waals surface area contributed by atoms with Crippen molar-refractivity contribution >= 4 is 33.7 Å². The van der Waals surface area contributed by atoms with Gasteiger partial charge in [-0.25, -0.2) is 5.43 Å². The summed E-state index contributed by atoms with van der Waals surface area (Å²) in [5.41, 5.74) is 4.90. The molecule has 9 nitrogen and oxygen atoms in total. The zero-order valence-corrected chi connectivity index (χ0v) is 18.8. The topological polar surface area (TPSA) is 112 Å². The highest BCUT2D eigenvalue weighted by atomic mass is 79.9. The Morgan fingerprint density at radius 3 is 2.61 bits per heavy atom. The van der Waals surface area contributed by atoms with E-state index in [1.165, 1.54) is 18.3 Å². The van der Waals surface area contributed by atoms with Crippen LogP contribution in [0.15, 0.2) is 70.2 Å². The molecule has 1 aliphatic heterocycles. The Hall–Kier alpha value is -3.92. The Kier molecular flexibility index (Phi) is 6.84. The number of ether oxygens (including phenoxy) is 3. The molecule has 4 rings (SSSR count). The molecule has 0 unspecified atom stereocenters. The number of nitrogens with zero attached hydrogens (tertiary/aromatic N) is 2. The van der Waals surface area contributed by atoms with Gasteiger partial charge >= 0.3 is 0 Å². The molecule has 33 heavy (non-hydrogen) atoms. The van der Waals surface area contributed by atoms with Crippen molar-refractivity contribution in [3.63, 3.8) is 0 Å². The predicted molar refractivity (Wildman–Crippen MR) is 124 cm³/mol. The van der Waals surface area contributed by atoms with E-state index in [-0.39, 0.29) is 31.4 Å². The minimum absolute atomic E-state index is 0.0338. The summed E-state index contributed by atoms with van der Waals surface area (Å²) in [6.45, 7) is 0.450. The van der Waals surface area contributed by atoms with Gasteiger partial charge in [-0.05, 0) is 75.1 Å². The zero-order valence-electron chi connectivity index (χ0n) is 17.2. The van der Waals surface area contributed by atoms with Crippen LogP contribution in [0.5, 0.6) is 17.2 Å². The van der Waals surface area contributed by atoms with E-state index < -0.39 is 4.92 Å². The van der Waals surface area contributed by atoms with Gasteiger partial charge in [0, 0.05) is 12.1 Å². The molecule has 1 amide bonds. The van der Waals surface area contributed by atoms with Gasteiger partial charge in [0.2, 0.25) is 12.7 Å². The highest BCUT2D eigenvalue weighted by molar-refractivity contribution is 9.10. The Balaban J connectivity index is 1.28. The Morgan fingerprint density at radius 1 is 1.09 bits per heavy atom. The largest absolute Gasteiger partial charge is 0.488 e. The average Bonchev–Trinajstić information content (AvgIpc) is 3.27. The lowest BCUT2D eigenvalue weighted by atomic mass is 10.1. The lowest BCUT2D eigenvalue weighted by Gasteiger charge is -2.09. The van der Waals surface area contributed by atoms with E-state index in [0.717, 1.165) is 16.7 Å². The van der Waals surface area contributed by atoms with E-state index in [2.05, 4.69) is 26.5 Å². The van der Waals surface area contributed by atoms with Crippen LogP contribution in [-0.4, -0.2) is 23.8 Å². The van der Waals surface area contributed by atoms with Crippen molar-refractivity contribution in [2.75, 3.05) is 6.79 Å². The summed E-state index contributed by atoms with van der Waals surface area (Å²) in [4.78, 5) is 22.4. The van der Waals surface area contributed by atoms with Crippen LogP contribution in [0.3, 0.4) is 0 Å². The van der Waals surface area contributed by atoms with Crippen LogP contribution in [0.1, 0.15) is 16.7 Å². The number of carbonyl (C=O) groups is 1. The van der Waals surface area contributed by atoms with Crippen LogP contribution < -0.4 is 19.6 Å². The number of fused-ring (bicyclic) bond motifs is 1. The summed E-state index contributed by atoms with van der Waals surface area (Å²) >= 11 is 3.46. The number of hydrogen-bond donors (Lipinski definition) is 1. The monoisotopic (exact) mass is 511 g/mol. The second kappa shape index (κ2) is 10.1. The third-order valence-corrected chi connectivity index (χ3v) is 5.32. The van der Waals surface area contributed by atoms with E-state index in [4.69, 9.17) is 14.2 Å². The summed E-state index contributed by atoms with van der Waals surface area (Å²) in [5.74, 6) is 1.65. The summed E-state index contributed by atoms with van der Waals surface area (Å²) in [7, 11) is 0. The predicted octanol–water partition coefficient (Wildman–Crippen LogP) is 4.36. The first kappa shape index (κ1) is 22.3. The van der Waals surface area contributed by atoms with Crippen LogP contribution in [-0.2, 0) is 17.8 Å². The number of halogens is 1. The Morgan fingerprint density at radius 2 is 1.85 bits per heavy atom. The fraction of sp³-hybridized carbons (Fsp3) is 0.130. The molecule has 0 radical (unpaired) electrons. The molecule has 3 aromatic rings. The van der Waals surface area contributed by atoms with Crippen molar-refractivity contribution in [1.82, 2.24) is 5.43 Å². The van der Waals surface area contributed by atoms with Gasteiger partial charge < -0.3 is 14.2 Å². The first-order valence-electron chi connectivity index (χ1n) is 9.84. The van der Waals surface area contributed by atoms with Crippen molar-refractivity contribution in [1.29, 1.82) is 0 Å². The zero-order chi connectivity index (χ0) is 23.2. The van der Waals surface area contributed by atoms with Gasteiger partial charge in [0.25, 0.3) is 5.69 Å². The molecule has 3 aromatic carbocycles. The second-order valence-corrected chi connectivity index (χ2v) is 7.91. The smallest absolute Gasteiger partial charge is 0.269 e. The Labute approximate surface area is 197 Å². The van der Waals surface area contributed by atoms with Gasteiger partial charge in [-0.1, -0.05) is 6.07 Å². The summed E-state index contributed by atoms with van der Waals surface area (Å²) < 4.78 is 17.0. The van der Waals surface area contributed by atoms with E-state index in [1.54, 1.807) is 42.5 Å². The molecule has 0 fully saturated rings. The number of nitro benzene ring substituents is 1. The quantitative estimate of drug-likeness (QED) is 0.273. The van der Waals surface area contributed by atoms with Crippen LogP contribution in [0.2, 0.25) is 0 Å². The standard InChI is InChI=1S/C23H18BrN3O6/c24-19-9-17(4-7-20(19)31-13-15-1-5-18(6-2-15)27(29)30)12-25-26-23(28)11-16-3-8-21-22(10-16)33-14-32-21/h1-10,12H,11,13-14H2,(H,26,28)/b25-12+. The number of benzene rings is 3. The van der Waals surface area contributed by atoms with Crippen LogP contribution in [0.25, 0.3) is 0 Å². The van der Waals surface area contributed by atoms with Gasteiger partial charge in [-0.2, -0.15) is 5.10 Å². The van der Waals surface area contributed by atoms with Crippen LogP contribution in [0, 0.1) is 10.1 Å². The van der Waals surface area contributed by atoms with Crippen molar-refractivity contribution in [2.24, 2.45) is 5.10 Å². The number of hydrazone groups is 1. The average molecular weight is 512 g/mol. The number of hydrogen-bond acceptors (Lipinski definition) is 7. The number of carbonyl (C=O) groups excluding carboxylic acids is 1. The fourth-order valence-corrected chi connectivity index (χ4v) is 3.56. The van der Waals surface area contributed by atoms with Crippen LogP contribution >= 0.6 is 15.9 Å². The lowest BCUT2D eigenvalue weighted by Crippen LogP contribution is -2.19. The van der Waals surface area contributed by atoms with Crippen molar-refractivity contribution in [2.45, 2.75) is 13.0 Å². The minimum atomic E-state index is -0.443. The van der Waals surface area contributed by atoms with E-state index >= 15 is 0 Å². The molecule has 0 atom stereocenters. The van der Waals surface area contributed by atoms with Gasteiger partial charge in [-0.3, -0.25) is 14.9 Å². The van der Waals surface area contributed by atoms with Gasteiger partial charge in [0.05, 0.1) is 22.0 Å². The van der Waals surface area contributed by atoms with Gasteiger partial charge in [0.1, 0.15) is 12.4 Å². The molecule has 0 aliphatic carbocycles. The summed E-state index contributed by atoms with van der Waals surface area (Å²) in [6, 6.07) is 16.9. The SMILES string of the molecule is O=C(Cc1ccc2c(c1)OCO2)N/N=C/c1ccc(OCc2ccc([N+](=O)[O-])cc2)c(Br)c1. The molecule has 0 bridgehead atoms. The maximum absolute atomic E-state index is 12.1. The fourth-order valence-electron chi connectivity index (χ4n) is 3.04. The number of nitrogens with one attached hydrogen (secondary N) is 1. The molecule has 10 heteroatoms. The molecule has 1 N–H and O–H groups in total. The number of amides is 1. The second-order valence-electron chi connectivity index (χ2n) is 7.06. The highest BCUT2D eigenvalue weighted by Gasteiger charge is 2.14. The molecule has 0 spiro atoms.